The van der Waals surface area contributed by atoms with Gasteiger partial charge in [-0.1, -0.05) is 0 Å². The third kappa shape index (κ3) is 1.95. The van der Waals surface area contributed by atoms with Gasteiger partial charge in [-0.15, -0.1) is 0 Å². The smallest absolute Gasteiger partial charge is 0.394 e. The van der Waals surface area contributed by atoms with Gasteiger partial charge in [0.05, 0.1) is 31.8 Å². The molecular weight excluding hydrogens is 240 g/mol. The van der Waals surface area contributed by atoms with Gasteiger partial charge in [0, 0.05) is 0 Å². The fraction of sp³-hybridized carbons (Fsp3) is 0.636. The quantitative estimate of drug-likeness (QED) is 0.555. The van der Waals surface area contributed by atoms with E-state index in [0.29, 0.717) is 5.57 Å². The predicted octanol–water partition coefficient (Wildman–Crippen LogP) is -0.945. The summed E-state index contributed by atoms with van der Waals surface area (Å²) in [7, 11) is 1.60. The minimum absolute atomic E-state index is 0.229. The lowest BCUT2D eigenvalue weighted by Gasteiger charge is -2.34. The number of amides is 3. The molecule has 0 bridgehead atoms. The van der Waals surface area contributed by atoms with E-state index in [1.165, 1.54) is 6.20 Å². The minimum atomic E-state index is -0.811. The second-order valence-corrected chi connectivity index (χ2v) is 4.83. The fourth-order valence-electron chi connectivity index (χ4n) is 2.27. The Bertz CT molecular complexity index is 422. The van der Waals surface area contributed by atoms with Crippen molar-refractivity contribution in [2.24, 2.45) is 0 Å². The van der Waals surface area contributed by atoms with Gasteiger partial charge in [0.2, 0.25) is 6.23 Å². The molecule has 1 saturated heterocycles. The van der Waals surface area contributed by atoms with Gasteiger partial charge < -0.3 is 14.9 Å². The molecule has 2 aliphatic rings. The van der Waals surface area contributed by atoms with Crippen LogP contribution in [0.5, 0.6) is 0 Å². The van der Waals surface area contributed by atoms with Crippen LogP contribution in [0.2, 0.25) is 0 Å². The molecule has 0 aromatic carbocycles. The van der Waals surface area contributed by atoms with Gasteiger partial charge in [-0.05, 0) is 6.92 Å². The normalized spacial score (nSPS) is 40.7. The van der Waals surface area contributed by atoms with E-state index in [1.807, 2.05) is 0 Å². The lowest BCUT2D eigenvalue weighted by Crippen LogP contribution is -2.61. The Morgan fingerprint density at radius 1 is 1.56 bits per heavy atom. The summed E-state index contributed by atoms with van der Waals surface area (Å²) in [6.45, 7) is 1.30. The van der Waals surface area contributed by atoms with Gasteiger partial charge in [-0.25, -0.2) is 10.1 Å². The zero-order valence-corrected chi connectivity index (χ0v) is 10.3. The average molecular weight is 257 g/mol. The molecule has 0 aromatic rings. The van der Waals surface area contributed by atoms with Crippen LogP contribution in [0.3, 0.4) is 0 Å². The van der Waals surface area contributed by atoms with Crippen LogP contribution in [0, 0.1) is 0 Å². The van der Waals surface area contributed by atoms with Gasteiger partial charge >= 0.3 is 6.03 Å². The van der Waals surface area contributed by atoms with E-state index in [2.05, 4.69) is 5.32 Å². The molecule has 7 heteroatoms. The van der Waals surface area contributed by atoms with Crippen LogP contribution >= 0.6 is 0 Å². The van der Waals surface area contributed by atoms with Gasteiger partial charge in [-0.2, -0.15) is 4.48 Å². The second-order valence-electron chi connectivity index (χ2n) is 4.83. The number of aliphatic hydroxyl groups excluding tert-OH is 2. The molecule has 2 heterocycles. The summed E-state index contributed by atoms with van der Waals surface area (Å²) in [6.07, 6.45) is -0.371. The molecule has 18 heavy (non-hydrogen) atoms. The van der Waals surface area contributed by atoms with Crippen LogP contribution in [0.15, 0.2) is 11.8 Å². The van der Waals surface area contributed by atoms with Crippen LogP contribution in [0.25, 0.3) is 0 Å². The first-order valence-electron chi connectivity index (χ1n) is 5.74. The lowest BCUT2D eigenvalue weighted by molar-refractivity contribution is -0.832. The molecule has 0 radical (unpaired) electrons. The Balaban J connectivity index is 2.27. The topological polar surface area (TPSA) is 95.9 Å². The highest BCUT2D eigenvalue weighted by molar-refractivity contribution is 6.03. The molecular formula is C11H17N2O5+. The van der Waals surface area contributed by atoms with Crippen LogP contribution in [0.1, 0.15) is 13.3 Å². The van der Waals surface area contributed by atoms with E-state index in [1.54, 1.807) is 14.0 Å². The number of imide groups is 1. The van der Waals surface area contributed by atoms with Crippen molar-refractivity contribution in [2.45, 2.75) is 31.8 Å². The largest absolute Gasteiger partial charge is 0.430 e. The standard InChI is InChI=1S/C11H16N2O5/c1-6-4-13(2,11(17)12-10(6)16)9-3-7(15)8(5-14)18-9/h4,7-9,14-15H,3,5H2,1-2H3/p+1/t7-,8+,9+,13?/m0/s1. The Morgan fingerprint density at radius 2 is 2.22 bits per heavy atom. The fourth-order valence-corrected chi connectivity index (χ4v) is 2.27. The van der Waals surface area contributed by atoms with E-state index in [-0.39, 0.29) is 17.5 Å². The summed E-state index contributed by atoms with van der Waals surface area (Å²) >= 11 is 0. The number of hydrogen-bond acceptors (Lipinski definition) is 5. The Kier molecular flexibility index (Phi) is 3.24. The number of rotatable bonds is 2. The third-order valence-electron chi connectivity index (χ3n) is 3.46. The zero-order valence-electron chi connectivity index (χ0n) is 10.3. The number of hydrogen-bond donors (Lipinski definition) is 3. The molecule has 0 saturated carbocycles. The monoisotopic (exact) mass is 257 g/mol. The highest BCUT2D eigenvalue weighted by atomic mass is 16.5. The number of carbonyl (C=O) groups is 2. The molecule has 1 fully saturated rings. The van der Waals surface area contributed by atoms with Crippen molar-refractivity contribution in [1.29, 1.82) is 0 Å². The zero-order chi connectivity index (χ0) is 13.5. The first-order chi connectivity index (χ1) is 8.38. The molecule has 3 amide bonds. The number of urea groups is 1. The summed E-state index contributed by atoms with van der Waals surface area (Å²) in [5.74, 6) is -0.423. The molecule has 0 aliphatic carbocycles. The number of quaternary nitrogens is 1. The van der Waals surface area contributed by atoms with E-state index in [9.17, 15) is 14.7 Å². The van der Waals surface area contributed by atoms with E-state index in [4.69, 9.17) is 9.84 Å². The maximum atomic E-state index is 11.9. The molecule has 2 aliphatic heterocycles. The van der Waals surface area contributed by atoms with Crippen LogP contribution < -0.4 is 5.32 Å². The first kappa shape index (κ1) is 13.2. The van der Waals surface area contributed by atoms with Gasteiger partial charge in [0.25, 0.3) is 5.91 Å². The first-order valence-corrected chi connectivity index (χ1v) is 5.74. The second kappa shape index (κ2) is 4.43. The Hall–Kier alpha value is -1.28. The molecule has 100 valence electrons. The summed E-state index contributed by atoms with van der Waals surface area (Å²) in [6, 6.07) is -0.499. The third-order valence-corrected chi connectivity index (χ3v) is 3.46. The number of nitrogens with one attached hydrogen (secondary N) is 1. The summed E-state index contributed by atoms with van der Waals surface area (Å²) in [5.41, 5.74) is 0.419. The molecule has 4 atom stereocenters. The Labute approximate surface area is 104 Å². The van der Waals surface area contributed by atoms with Crippen molar-refractivity contribution >= 4 is 11.9 Å². The van der Waals surface area contributed by atoms with Crippen molar-refractivity contribution in [2.75, 3.05) is 13.7 Å². The van der Waals surface area contributed by atoms with E-state index < -0.39 is 30.4 Å². The predicted molar refractivity (Wildman–Crippen MR) is 59.9 cm³/mol. The van der Waals surface area contributed by atoms with Crippen molar-refractivity contribution in [3.63, 3.8) is 0 Å². The highest BCUT2D eigenvalue weighted by Crippen LogP contribution is 2.30. The van der Waals surface area contributed by atoms with Crippen molar-refractivity contribution in [3.8, 4) is 0 Å². The highest BCUT2D eigenvalue weighted by Gasteiger charge is 2.50. The number of carbonyl (C=O) groups excluding carboxylic acids is 2. The molecule has 7 nitrogen and oxygen atoms in total. The van der Waals surface area contributed by atoms with E-state index >= 15 is 0 Å². The average Bonchev–Trinajstić information content (AvgIpc) is 2.68. The minimum Gasteiger partial charge on any atom is -0.394 e. The van der Waals surface area contributed by atoms with Gasteiger partial charge in [0.15, 0.2) is 0 Å². The molecule has 3 N–H and O–H groups in total. The van der Waals surface area contributed by atoms with Crippen molar-refractivity contribution in [1.82, 2.24) is 5.32 Å². The van der Waals surface area contributed by atoms with Crippen LogP contribution in [-0.4, -0.2) is 58.7 Å². The van der Waals surface area contributed by atoms with Gasteiger partial charge in [0.1, 0.15) is 12.3 Å². The maximum absolute atomic E-state index is 11.9. The molecule has 1 unspecified atom stereocenters. The van der Waals surface area contributed by atoms with E-state index in [0.717, 1.165) is 0 Å². The molecule has 0 spiro atoms. The molecule has 2 rings (SSSR count). The lowest BCUT2D eigenvalue weighted by atomic mass is 10.1. The molecule has 0 aromatic heterocycles. The number of nitrogens with zero attached hydrogens (tertiary/aromatic N) is 1. The number of aliphatic hydroxyl groups is 2. The summed E-state index contributed by atoms with van der Waals surface area (Å²) < 4.78 is 5.22. The van der Waals surface area contributed by atoms with Crippen LogP contribution in [-0.2, 0) is 9.53 Å². The van der Waals surface area contributed by atoms with Gasteiger partial charge in [-0.3, -0.25) is 4.79 Å². The van der Waals surface area contributed by atoms with Crippen molar-refractivity contribution < 1.29 is 29.0 Å². The maximum Gasteiger partial charge on any atom is 0.430 e. The Morgan fingerprint density at radius 3 is 2.78 bits per heavy atom. The van der Waals surface area contributed by atoms with Crippen LogP contribution in [0.4, 0.5) is 4.79 Å². The summed E-state index contributed by atoms with van der Waals surface area (Å²) in [5, 5.41) is 21.0. The SMILES string of the molecule is CC1=C[N+](C)([C@H]2C[C@H](O)[C@@H](CO)O2)C(=O)NC1=O. The van der Waals surface area contributed by atoms with Crippen molar-refractivity contribution in [3.05, 3.63) is 11.8 Å². The number of ether oxygens (including phenoxy) is 1. The summed E-state index contributed by atoms with van der Waals surface area (Å²) in [4.78, 5) is 23.3.